The van der Waals surface area contributed by atoms with Crippen LogP contribution in [0.1, 0.15) is 19.3 Å². The summed E-state index contributed by atoms with van der Waals surface area (Å²) in [6.07, 6.45) is 4.22. The SMILES string of the molecule is CN(C[C@@H]1CCN(CCN)C1)C1CC1. The van der Waals surface area contributed by atoms with E-state index < -0.39 is 0 Å². The van der Waals surface area contributed by atoms with Crippen LogP contribution in [0.15, 0.2) is 0 Å². The van der Waals surface area contributed by atoms with E-state index in [1.807, 2.05) is 0 Å². The summed E-state index contributed by atoms with van der Waals surface area (Å²) >= 11 is 0. The largest absolute Gasteiger partial charge is 0.329 e. The predicted octanol–water partition coefficient (Wildman–Crippen LogP) is 0.361. The van der Waals surface area contributed by atoms with Crippen molar-refractivity contribution in [2.24, 2.45) is 11.7 Å². The summed E-state index contributed by atoms with van der Waals surface area (Å²) in [4.78, 5) is 5.06. The fourth-order valence-electron chi connectivity index (χ4n) is 2.52. The van der Waals surface area contributed by atoms with Gasteiger partial charge in [0.15, 0.2) is 0 Å². The van der Waals surface area contributed by atoms with E-state index in [1.54, 1.807) is 0 Å². The minimum atomic E-state index is 0.811. The van der Waals surface area contributed by atoms with Gasteiger partial charge in [0.05, 0.1) is 0 Å². The van der Waals surface area contributed by atoms with E-state index in [2.05, 4.69) is 16.8 Å². The van der Waals surface area contributed by atoms with Crippen molar-refractivity contribution in [1.82, 2.24) is 9.80 Å². The lowest BCUT2D eigenvalue weighted by molar-refractivity contribution is 0.258. The van der Waals surface area contributed by atoms with Crippen LogP contribution in [0.25, 0.3) is 0 Å². The number of nitrogens with two attached hydrogens (primary N) is 1. The van der Waals surface area contributed by atoms with E-state index in [4.69, 9.17) is 5.73 Å². The van der Waals surface area contributed by atoms with Crippen molar-refractivity contribution < 1.29 is 0 Å². The Bertz CT molecular complexity index is 179. The molecule has 1 atom stereocenters. The van der Waals surface area contributed by atoms with Crippen LogP contribution in [0, 0.1) is 5.92 Å². The highest BCUT2D eigenvalue weighted by Gasteiger charge is 2.29. The number of nitrogens with zero attached hydrogens (tertiary/aromatic N) is 2. The molecule has 2 aliphatic rings. The predicted molar refractivity (Wildman–Crippen MR) is 59.3 cm³/mol. The third-order valence-corrected chi connectivity index (χ3v) is 3.53. The molecule has 1 heterocycles. The average molecular weight is 197 g/mol. The molecule has 1 aliphatic heterocycles. The first-order chi connectivity index (χ1) is 6.79. The van der Waals surface area contributed by atoms with E-state index in [0.717, 1.165) is 25.0 Å². The van der Waals surface area contributed by atoms with Gasteiger partial charge in [-0.3, -0.25) is 0 Å². The highest BCUT2D eigenvalue weighted by molar-refractivity contribution is 4.85. The molecule has 1 aliphatic carbocycles. The quantitative estimate of drug-likeness (QED) is 0.691. The first-order valence-corrected chi connectivity index (χ1v) is 5.92. The van der Waals surface area contributed by atoms with Crippen LogP contribution in [-0.2, 0) is 0 Å². The van der Waals surface area contributed by atoms with Gasteiger partial charge in [0.25, 0.3) is 0 Å². The van der Waals surface area contributed by atoms with Crippen molar-refractivity contribution in [2.75, 3.05) is 39.8 Å². The maximum Gasteiger partial charge on any atom is 0.0105 e. The Morgan fingerprint density at radius 1 is 1.36 bits per heavy atom. The minimum Gasteiger partial charge on any atom is -0.329 e. The van der Waals surface area contributed by atoms with Crippen LogP contribution in [0.4, 0.5) is 0 Å². The molecule has 0 amide bonds. The maximum absolute atomic E-state index is 5.56. The molecular formula is C11H23N3. The van der Waals surface area contributed by atoms with Crippen molar-refractivity contribution in [2.45, 2.75) is 25.3 Å². The van der Waals surface area contributed by atoms with Gasteiger partial charge in [0.2, 0.25) is 0 Å². The molecule has 2 N–H and O–H groups in total. The zero-order valence-electron chi connectivity index (χ0n) is 9.28. The third-order valence-electron chi connectivity index (χ3n) is 3.53. The molecule has 0 aromatic heterocycles. The lowest BCUT2D eigenvalue weighted by Gasteiger charge is -2.20. The Labute approximate surface area is 87.2 Å². The molecule has 3 heteroatoms. The highest BCUT2D eigenvalue weighted by atomic mass is 15.2. The van der Waals surface area contributed by atoms with Crippen molar-refractivity contribution in [3.63, 3.8) is 0 Å². The Balaban J connectivity index is 1.67. The van der Waals surface area contributed by atoms with Crippen LogP contribution in [0.2, 0.25) is 0 Å². The van der Waals surface area contributed by atoms with Gasteiger partial charge >= 0.3 is 0 Å². The summed E-state index contributed by atoms with van der Waals surface area (Å²) in [5.74, 6) is 0.896. The smallest absolute Gasteiger partial charge is 0.0105 e. The van der Waals surface area contributed by atoms with Gasteiger partial charge in [-0.05, 0) is 38.8 Å². The molecule has 2 rings (SSSR count). The summed E-state index contributed by atoms with van der Waals surface area (Å²) in [6.45, 7) is 5.73. The van der Waals surface area contributed by atoms with Gasteiger partial charge in [-0.25, -0.2) is 0 Å². The third kappa shape index (κ3) is 2.69. The van der Waals surface area contributed by atoms with E-state index >= 15 is 0 Å². The molecule has 1 saturated heterocycles. The molecule has 14 heavy (non-hydrogen) atoms. The minimum absolute atomic E-state index is 0.811. The monoisotopic (exact) mass is 197 g/mol. The van der Waals surface area contributed by atoms with Gasteiger partial charge in [-0.15, -0.1) is 0 Å². The van der Waals surface area contributed by atoms with E-state index in [9.17, 15) is 0 Å². The lowest BCUT2D eigenvalue weighted by Crippen LogP contribution is -2.31. The number of likely N-dealkylation sites (tertiary alicyclic amines) is 1. The fourth-order valence-corrected chi connectivity index (χ4v) is 2.52. The van der Waals surface area contributed by atoms with Crippen LogP contribution < -0.4 is 5.73 Å². The number of hydrogen-bond acceptors (Lipinski definition) is 3. The molecule has 82 valence electrons. The van der Waals surface area contributed by atoms with E-state index in [0.29, 0.717) is 0 Å². The zero-order chi connectivity index (χ0) is 9.97. The topological polar surface area (TPSA) is 32.5 Å². The van der Waals surface area contributed by atoms with Crippen molar-refractivity contribution >= 4 is 0 Å². The Hall–Kier alpha value is -0.120. The summed E-state index contributed by atoms with van der Waals surface area (Å²) < 4.78 is 0. The maximum atomic E-state index is 5.56. The highest BCUT2D eigenvalue weighted by Crippen LogP contribution is 2.27. The van der Waals surface area contributed by atoms with Gasteiger partial charge < -0.3 is 15.5 Å². The van der Waals surface area contributed by atoms with Gasteiger partial charge in [0, 0.05) is 32.2 Å². The van der Waals surface area contributed by atoms with Crippen LogP contribution in [0.5, 0.6) is 0 Å². The molecule has 0 radical (unpaired) electrons. The first kappa shape index (κ1) is 10.4. The Morgan fingerprint density at radius 3 is 2.79 bits per heavy atom. The number of rotatable bonds is 5. The van der Waals surface area contributed by atoms with Crippen molar-refractivity contribution in [1.29, 1.82) is 0 Å². The first-order valence-electron chi connectivity index (χ1n) is 5.92. The fraction of sp³-hybridized carbons (Fsp3) is 1.00. The second kappa shape index (κ2) is 4.60. The molecule has 0 bridgehead atoms. The molecule has 0 aromatic rings. The zero-order valence-corrected chi connectivity index (χ0v) is 9.28. The Morgan fingerprint density at radius 2 is 2.14 bits per heavy atom. The number of hydrogen-bond donors (Lipinski definition) is 1. The van der Waals surface area contributed by atoms with Crippen molar-refractivity contribution in [3.05, 3.63) is 0 Å². The molecule has 0 aromatic carbocycles. The molecule has 2 fully saturated rings. The van der Waals surface area contributed by atoms with E-state index in [1.165, 1.54) is 38.9 Å². The normalized spacial score (nSPS) is 28.9. The van der Waals surface area contributed by atoms with Crippen LogP contribution >= 0.6 is 0 Å². The van der Waals surface area contributed by atoms with Gasteiger partial charge in [0.1, 0.15) is 0 Å². The standard InChI is InChI=1S/C11H23N3/c1-13(11-2-3-11)8-10-4-6-14(9-10)7-5-12/h10-11H,2-9,12H2,1H3/t10-/m0/s1. The second-order valence-electron chi connectivity index (χ2n) is 4.91. The molecule has 0 unspecified atom stereocenters. The lowest BCUT2D eigenvalue weighted by atomic mass is 10.1. The summed E-state index contributed by atoms with van der Waals surface area (Å²) in [6, 6.07) is 0.915. The molecular weight excluding hydrogens is 174 g/mol. The molecule has 0 spiro atoms. The average Bonchev–Trinajstić information content (AvgIpc) is 2.92. The Kier molecular flexibility index (Phi) is 3.42. The second-order valence-corrected chi connectivity index (χ2v) is 4.91. The van der Waals surface area contributed by atoms with E-state index in [-0.39, 0.29) is 0 Å². The summed E-state index contributed by atoms with van der Waals surface area (Å²) in [5.41, 5.74) is 5.56. The summed E-state index contributed by atoms with van der Waals surface area (Å²) in [7, 11) is 2.28. The summed E-state index contributed by atoms with van der Waals surface area (Å²) in [5, 5.41) is 0. The molecule has 3 nitrogen and oxygen atoms in total. The van der Waals surface area contributed by atoms with Crippen LogP contribution in [0.3, 0.4) is 0 Å². The van der Waals surface area contributed by atoms with Gasteiger partial charge in [-0.2, -0.15) is 0 Å². The van der Waals surface area contributed by atoms with Gasteiger partial charge in [-0.1, -0.05) is 0 Å². The van der Waals surface area contributed by atoms with Crippen LogP contribution in [-0.4, -0.2) is 55.6 Å². The van der Waals surface area contributed by atoms with Crippen molar-refractivity contribution in [3.8, 4) is 0 Å². The molecule has 1 saturated carbocycles.